The summed E-state index contributed by atoms with van der Waals surface area (Å²) in [6.45, 7) is 2.31. The fourth-order valence-electron chi connectivity index (χ4n) is 5.77. The van der Waals surface area contributed by atoms with Gasteiger partial charge < -0.3 is 23.7 Å². The molecule has 0 N–H and O–H groups in total. The minimum atomic E-state index is -0.965. The maximum Gasteiger partial charge on any atom is 0.139 e. The fourth-order valence-corrected chi connectivity index (χ4v) is 5.77. The summed E-state index contributed by atoms with van der Waals surface area (Å²) in [4.78, 5) is 0. The van der Waals surface area contributed by atoms with Crippen LogP contribution in [0.5, 0.6) is 0 Å². The van der Waals surface area contributed by atoms with E-state index in [1.165, 1.54) is 0 Å². The number of benzene rings is 5. The highest BCUT2D eigenvalue weighted by Crippen LogP contribution is 2.36. The standard InChI is InChI=1S/C42H42O5/c1-6-16-34(17-7-1)28-43-33-42(47-32-38-24-14-5-15-25-38)27-26-39(44-29-35-18-8-2-9-19-35)40(45-30-36-20-10-3-11-21-36)41(42)46-31-37-22-12-4-13-23-37/h1-27,39-41H,28-33H2/t39-,40+,41-,42+/m0/s1. The van der Waals surface area contributed by atoms with Gasteiger partial charge in [0, 0.05) is 0 Å². The zero-order valence-electron chi connectivity index (χ0n) is 26.6. The molecular weight excluding hydrogens is 584 g/mol. The van der Waals surface area contributed by atoms with Crippen LogP contribution >= 0.6 is 0 Å². The Labute approximate surface area is 278 Å². The number of rotatable bonds is 16. The molecule has 0 spiro atoms. The van der Waals surface area contributed by atoms with E-state index in [0.29, 0.717) is 33.0 Å². The molecular formula is C42H42O5. The lowest BCUT2D eigenvalue weighted by Gasteiger charge is -2.46. The molecule has 5 aromatic rings. The van der Waals surface area contributed by atoms with Gasteiger partial charge in [-0.2, -0.15) is 0 Å². The first-order valence-corrected chi connectivity index (χ1v) is 16.2. The van der Waals surface area contributed by atoms with E-state index in [1.54, 1.807) is 0 Å². The highest BCUT2D eigenvalue weighted by atomic mass is 16.6. The zero-order valence-corrected chi connectivity index (χ0v) is 26.6. The normalized spacial score (nSPS) is 20.6. The van der Waals surface area contributed by atoms with Crippen molar-refractivity contribution in [3.63, 3.8) is 0 Å². The number of hydrogen-bond donors (Lipinski definition) is 0. The maximum atomic E-state index is 6.92. The summed E-state index contributed by atoms with van der Waals surface area (Å²) in [5, 5.41) is 0. The van der Waals surface area contributed by atoms with E-state index in [9.17, 15) is 0 Å². The molecule has 1 aliphatic carbocycles. The Kier molecular flexibility index (Phi) is 11.8. The van der Waals surface area contributed by atoms with Crippen molar-refractivity contribution in [1.29, 1.82) is 0 Å². The topological polar surface area (TPSA) is 46.2 Å². The molecule has 0 aromatic heterocycles. The zero-order chi connectivity index (χ0) is 32.0. The molecule has 5 aromatic carbocycles. The van der Waals surface area contributed by atoms with E-state index >= 15 is 0 Å². The van der Waals surface area contributed by atoms with Crippen LogP contribution in [0.2, 0.25) is 0 Å². The molecule has 5 heteroatoms. The van der Waals surface area contributed by atoms with E-state index in [1.807, 2.05) is 91.0 Å². The number of ether oxygens (including phenoxy) is 5. The first-order chi connectivity index (χ1) is 23.3. The molecule has 4 atom stereocenters. The van der Waals surface area contributed by atoms with Crippen LogP contribution in [0.25, 0.3) is 0 Å². The van der Waals surface area contributed by atoms with Gasteiger partial charge in [-0.15, -0.1) is 0 Å². The predicted molar refractivity (Wildman–Crippen MR) is 184 cm³/mol. The third-order valence-electron chi connectivity index (χ3n) is 8.30. The third-order valence-corrected chi connectivity index (χ3v) is 8.30. The van der Waals surface area contributed by atoms with Gasteiger partial charge in [0.05, 0.1) is 39.6 Å². The van der Waals surface area contributed by atoms with Crippen molar-refractivity contribution in [2.75, 3.05) is 6.61 Å². The molecule has 0 saturated carbocycles. The smallest absolute Gasteiger partial charge is 0.139 e. The minimum absolute atomic E-state index is 0.265. The van der Waals surface area contributed by atoms with Crippen LogP contribution in [0, 0.1) is 0 Å². The van der Waals surface area contributed by atoms with E-state index in [-0.39, 0.29) is 12.7 Å². The molecule has 0 amide bonds. The summed E-state index contributed by atoms with van der Waals surface area (Å²) in [7, 11) is 0. The van der Waals surface area contributed by atoms with Crippen LogP contribution < -0.4 is 0 Å². The van der Waals surface area contributed by atoms with Gasteiger partial charge >= 0.3 is 0 Å². The van der Waals surface area contributed by atoms with Gasteiger partial charge in [0.15, 0.2) is 0 Å². The highest BCUT2D eigenvalue weighted by Gasteiger charge is 2.50. The summed E-state index contributed by atoms with van der Waals surface area (Å²) in [5.74, 6) is 0. The van der Waals surface area contributed by atoms with E-state index in [2.05, 4.69) is 72.8 Å². The molecule has 0 heterocycles. The van der Waals surface area contributed by atoms with Crippen LogP contribution in [-0.4, -0.2) is 30.5 Å². The van der Waals surface area contributed by atoms with Crippen molar-refractivity contribution in [3.05, 3.63) is 192 Å². The second-order valence-corrected chi connectivity index (χ2v) is 11.8. The first-order valence-electron chi connectivity index (χ1n) is 16.2. The Morgan fingerprint density at radius 3 is 1.32 bits per heavy atom. The lowest BCUT2D eigenvalue weighted by atomic mass is 9.84. The lowest BCUT2D eigenvalue weighted by Crippen LogP contribution is -2.60. The average molecular weight is 627 g/mol. The van der Waals surface area contributed by atoms with Crippen molar-refractivity contribution < 1.29 is 23.7 Å². The summed E-state index contributed by atoms with van der Waals surface area (Å²) in [6.07, 6.45) is 2.70. The second-order valence-electron chi connectivity index (χ2n) is 11.8. The Morgan fingerprint density at radius 1 is 0.426 bits per heavy atom. The van der Waals surface area contributed by atoms with Gasteiger partial charge in [-0.25, -0.2) is 0 Å². The van der Waals surface area contributed by atoms with Crippen molar-refractivity contribution >= 4 is 0 Å². The van der Waals surface area contributed by atoms with Crippen LogP contribution in [0.3, 0.4) is 0 Å². The fraction of sp³-hybridized carbons (Fsp3) is 0.238. The monoisotopic (exact) mass is 626 g/mol. The highest BCUT2D eigenvalue weighted by molar-refractivity contribution is 5.23. The number of hydrogen-bond acceptors (Lipinski definition) is 5. The lowest BCUT2D eigenvalue weighted by molar-refractivity contribution is -0.227. The molecule has 6 rings (SSSR count). The van der Waals surface area contributed by atoms with Gasteiger partial charge in [0.25, 0.3) is 0 Å². The third kappa shape index (κ3) is 9.35. The molecule has 47 heavy (non-hydrogen) atoms. The molecule has 0 radical (unpaired) electrons. The molecule has 0 saturated heterocycles. The van der Waals surface area contributed by atoms with Gasteiger partial charge in [-0.05, 0) is 33.9 Å². The molecule has 0 aliphatic heterocycles. The molecule has 0 fully saturated rings. The Balaban J connectivity index is 1.34. The SMILES string of the molecule is C1=C[C@](COCc2ccccc2)(OCc2ccccc2)[C@@H](OCc2ccccc2)[C@H](OCc2ccccc2)[C@H]1OCc1ccccc1. The van der Waals surface area contributed by atoms with Gasteiger partial charge in [0.1, 0.15) is 23.9 Å². The molecule has 0 unspecified atom stereocenters. The van der Waals surface area contributed by atoms with Gasteiger partial charge in [-0.1, -0.05) is 158 Å². The summed E-state index contributed by atoms with van der Waals surface area (Å²) < 4.78 is 33.7. The minimum Gasteiger partial charge on any atom is -0.373 e. The van der Waals surface area contributed by atoms with Crippen LogP contribution in [0.15, 0.2) is 164 Å². The van der Waals surface area contributed by atoms with Gasteiger partial charge in [0.2, 0.25) is 0 Å². The molecule has 1 aliphatic rings. The summed E-state index contributed by atoms with van der Waals surface area (Å²) >= 11 is 0. The molecule has 0 bridgehead atoms. The van der Waals surface area contributed by atoms with Crippen LogP contribution in [0.4, 0.5) is 0 Å². The van der Waals surface area contributed by atoms with E-state index in [0.717, 1.165) is 27.8 Å². The summed E-state index contributed by atoms with van der Waals surface area (Å²) in [5.41, 5.74) is 4.41. The quantitative estimate of drug-likeness (QED) is 0.103. The van der Waals surface area contributed by atoms with Crippen LogP contribution in [-0.2, 0) is 56.7 Å². The van der Waals surface area contributed by atoms with E-state index < -0.39 is 17.8 Å². The van der Waals surface area contributed by atoms with Gasteiger partial charge in [-0.3, -0.25) is 0 Å². The Hall–Kier alpha value is -4.36. The Morgan fingerprint density at radius 2 is 0.830 bits per heavy atom. The summed E-state index contributed by atoms with van der Waals surface area (Å²) in [6, 6.07) is 51.0. The van der Waals surface area contributed by atoms with Crippen LogP contribution in [0.1, 0.15) is 27.8 Å². The van der Waals surface area contributed by atoms with Crippen molar-refractivity contribution in [2.24, 2.45) is 0 Å². The molecule has 5 nitrogen and oxygen atoms in total. The first kappa shape index (κ1) is 32.6. The Bertz CT molecular complexity index is 1610. The molecule has 240 valence electrons. The van der Waals surface area contributed by atoms with Crippen molar-refractivity contribution in [2.45, 2.75) is 56.9 Å². The largest absolute Gasteiger partial charge is 0.373 e. The van der Waals surface area contributed by atoms with Crippen molar-refractivity contribution in [1.82, 2.24) is 0 Å². The van der Waals surface area contributed by atoms with E-state index in [4.69, 9.17) is 23.7 Å². The maximum absolute atomic E-state index is 6.92. The predicted octanol–water partition coefficient (Wildman–Crippen LogP) is 8.48. The second kappa shape index (κ2) is 17.0. The van der Waals surface area contributed by atoms with Crippen molar-refractivity contribution in [3.8, 4) is 0 Å². The average Bonchev–Trinajstić information content (AvgIpc) is 3.14.